The Kier molecular flexibility index (Phi) is 4.22. The number of hydrogen-bond donors (Lipinski definition) is 0. The van der Waals surface area contributed by atoms with Crippen LogP contribution in [0.1, 0.15) is 72.3 Å². The Hall–Kier alpha value is -3.03. The molecule has 8 nitrogen and oxygen atoms in total. The predicted molar refractivity (Wildman–Crippen MR) is 106 cm³/mol. The number of pyridine rings is 2. The van der Waals surface area contributed by atoms with Gasteiger partial charge in [-0.15, -0.1) is 0 Å². The first kappa shape index (κ1) is 18.0. The van der Waals surface area contributed by atoms with Crippen molar-refractivity contribution in [2.45, 2.75) is 58.0 Å². The highest BCUT2D eigenvalue weighted by Gasteiger charge is 2.37. The summed E-state index contributed by atoms with van der Waals surface area (Å²) in [6.45, 7) is 5.04. The van der Waals surface area contributed by atoms with Gasteiger partial charge in [-0.3, -0.25) is 9.59 Å². The van der Waals surface area contributed by atoms with Crippen molar-refractivity contribution in [2.75, 3.05) is 6.54 Å². The van der Waals surface area contributed by atoms with Crippen LogP contribution in [0.3, 0.4) is 0 Å². The summed E-state index contributed by atoms with van der Waals surface area (Å²) >= 11 is 0. The summed E-state index contributed by atoms with van der Waals surface area (Å²) < 4.78 is 7.34. The summed E-state index contributed by atoms with van der Waals surface area (Å²) in [5.41, 5.74) is 1.33. The molecule has 2 fully saturated rings. The van der Waals surface area contributed by atoms with Crippen LogP contribution in [-0.2, 0) is 6.54 Å². The molecular formula is C21H23N5O3. The molecule has 0 aromatic carbocycles. The molecule has 1 aliphatic heterocycles. The molecule has 3 aromatic heterocycles. The van der Waals surface area contributed by atoms with Crippen LogP contribution >= 0.6 is 0 Å². The van der Waals surface area contributed by atoms with E-state index in [0.29, 0.717) is 35.9 Å². The van der Waals surface area contributed by atoms with Gasteiger partial charge >= 0.3 is 0 Å². The second kappa shape index (κ2) is 6.79. The molecule has 0 radical (unpaired) electrons. The largest absolute Gasteiger partial charge is 0.337 e. The van der Waals surface area contributed by atoms with E-state index in [9.17, 15) is 9.59 Å². The zero-order valence-corrected chi connectivity index (χ0v) is 16.6. The molecule has 1 unspecified atom stereocenters. The maximum atomic E-state index is 13.4. The summed E-state index contributed by atoms with van der Waals surface area (Å²) in [4.78, 5) is 37.2. The topological polar surface area (TPSA) is 94.1 Å². The molecule has 1 saturated carbocycles. The van der Waals surface area contributed by atoms with Gasteiger partial charge in [-0.1, -0.05) is 5.16 Å². The van der Waals surface area contributed by atoms with Crippen molar-refractivity contribution in [1.29, 1.82) is 0 Å². The van der Waals surface area contributed by atoms with Gasteiger partial charge in [0.2, 0.25) is 11.3 Å². The second-order valence-corrected chi connectivity index (χ2v) is 7.90. The van der Waals surface area contributed by atoms with Gasteiger partial charge < -0.3 is 14.0 Å². The number of aromatic nitrogens is 4. The number of carbonyl (C=O) groups is 1. The summed E-state index contributed by atoms with van der Waals surface area (Å²) in [6.07, 6.45) is 5.42. The number of hydrogen-bond acceptors (Lipinski definition) is 6. The molecule has 1 atom stereocenters. The van der Waals surface area contributed by atoms with E-state index in [2.05, 4.69) is 15.1 Å². The lowest BCUT2D eigenvalue weighted by atomic mass is 10.1. The summed E-state index contributed by atoms with van der Waals surface area (Å²) in [5.74, 6) is 1.33. The molecule has 4 heterocycles. The van der Waals surface area contributed by atoms with Gasteiger partial charge in [-0.25, -0.2) is 4.98 Å². The van der Waals surface area contributed by atoms with E-state index in [4.69, 9.17) is 4.52 Å². The third kappa shape index (κ3) is 3.03. The Balaban J connectivity index is 1.53. The molecular weight excluding hydrogens is 370 g/mol. The standard InChI is InChI=1S/C21H23N5O3/c1-3-25-11-15(17(27)14-9-6-12(2)22-19(14)25)21(28)26-10-4-5-16(26)20-23-18(24-29-20)13-7-8-13/h6,9,11,13,16H,3-5,7-8,10H2,1-2H3. The number of nitrogens with zero attached hydrogens (tertiary/aromatic N) is 5. The minimum atomic E-state index is -0.284. The van der Waals surface area contributed by atoms with E-state index in [1.165, 1.54) is 0 Å². The van der Waals surface area contributed by atoms with Gasteiger partial charge in [0, 0.05) is 30.9 Å². The van der Waals surface area contributed by atoms with Crippen molar-refractivity contribution in [3.63, 3.8) is 0 Å². The van der Waals surface area contributed by atoms with Crippen molar-refractivity contribution in [3.05, 3.63) is 51.5 Å². The van der Waals surface area contributed by atoms with Crippen LogP contribution < -0.4 is 5.43 Å². The smallest absolute Gasteiger partial charge is 0.260 e. The van der Waals surface area contributed by atoms with E-state index < -0.39 is 0 Å². The number of rotatable bonds is 4. The monoisotopic (exact) mass is 393 g/mol. The van der Waals surface area contributed by atoms with E-state index >= 15 is 0 Å². The molecule has 2 aliphatic rings. The minimum absolute atomic E-state index is 0.166. The van der Waals surface area contributed by atoms with Gasteiger partial charge in [-0.2, -0.15) is 4.98 Å². The lowest BCUT2D eigenvalue weighted by Gasteiger charge is -2.22. The first-order chi connectivity index (χ1) is 14.1. The average molecular weight is 393 g/mol. The summed E-state index contributed by atoms with van der Waals surface area (Å²) in [5, 5.41) is 4.55. The molecule has 1 saturated heterocycles. The van der Waals surface area contributed by atoms with Crippen molar-refractivity contribution in [3.8, 4) is 0 Å². The van der Waals surface area contributed by atoms with Crippen LogP contribution in [0.15, 0.2) is 27.6 Å². The van der Waals surface area contributed by atoms with Crippen LogP contribution in [-0.4, -0.2) is 37.0 Å². The van der Waals surface area contributed by atoms with Crippen molar-refractivity contribution in [1.82, 2.24) is 24.6 Å². The number of carbonyl (C=O) groups excluding carboxylic acids is 1. The van der Waals surface area contributed by atoms with E-state index in [1.807, 2.05) is 18.4 Å². The Morgan fingerprint density at radius 2 is 2.07 bits per heavy atom. The van der Waals surface area contributed by atoms with Crippen molar-refractivity contribution >= 4 is 16.9 Å². The third-order valence-corrected chi connectivity index (χ3v) is 5.83. The number of fused-ring (bicyclic) bond motifs is 1. The SMILES string of the molecule is CCn1cc(C(=O)N2CCCC2c2nc(C3CC3)no2)c(=O)c2ccc(C)nc21. The Bertz CT molecular complexity index is 1160. The zero-order valence-electron chi connectivity index (χ0n) is 16.6. The second-order valence-electron chi connectivity index (χ2n) is 7.90. The first-order valence-corrected chi connectivity index (χ1v) is 10.2. The zero-order chi connectivity index (χ0) is 20.1. The molecule has 0 bridgehead atoms. The van der Waals surface area contributed by atoms with Gasteiger partial charge in [0.15, 0.2) is 5.82 Å². The van der Waals surface area contributed by atoms with Gasteiger partial charge in [-0.05, 0) is 51.7 Å². The summed E-state index contributed by atoms with van der Waals surface area (Å²) in [6, 6.07) is 3.28. The predicted octanol–water partition coefficient (Wildman–Crippen LogP) is 2.96. The Morgan fingerprint density at radius 1 is 1.24 bits per heavy atom. The normalized spacial score (nSPS) is 19.2. The highest BCUT2D eigenvalue weighted by Crippen LogP contribution is 2.40. The van der Waals surface area contributed by atoms with Crippen LogP contribution in [0.5, 0.6) is 0 Å². The highest BCUT2D eigenvalue weighted by atomic mass is 16.5. The molecule has 0 spiro atoms. The van der Waals surface area contributed by atoms with Gasteiger partial charge in [0.25, 0.3) is 5.91 Å². The van der Waals surface area contributed by atoms with E-state index in [-0.39, 0.29) is 22.9 Å². The van der Waals surface area contributed by atoms with Gasteiger partial charge in [0.1, 0.15) is 17.3 Å². The number of likely N-dealkylation sites (tertiary alicyclic amines) is 1. The highest BCUT2D eigenvalue weighted by molar-refractivity contribution is 5.97. The maximum absolute atomic E-state index is 13.4. The fourth-order valence-corrected chi connectivity index (χ4v) is 4.06. The van der Waals surface area contributed by atoms with E-state index in [1.54, 1.807) is 23.2 Å². The van der Waals surface area contributed by atoms with E-state index in [0.717, 1.165) is 37.2 Å². The van der Waals surface area contributed by atoms with Crippen molar-refractivity contribution < 1.29 is 9.32 Å². The molecule has 1 aliphatic carbocycles. The Labute approximate surface area is 167 Å². The fourth-order valence-electron chi connectivity index (χ4n) is 4.06. The lowest BCUT2D eigenvalue weighted by Crippen LogP contribution is -2.34. The molecule has 0 N–H and O–H groups in total. The van der Waals surface area contributed by atoms with Gasteiger partial charge in [0.05, 0.1) is 5.39 Å². The number of amides is 1. The first-order valence-electron chi connectivity index (χ1n) is 10.2. The lowest BCUT2D eigenvalue weighted by molar-refractivity contribution is 0.0708. The third-order valence-electron chi connectivity index (χ3n) is 5.83. The van der Waals surface area contributed by atoms with Crippen LogP contribution in [0.25, 0.3) is 11.0 Å². The van der Waals surface area contributed by atoms with Crippen molar-refractivity contribution in [2.24, 2.45) is 0 Å². The average Bonchev–Trinajstić information content (AvgIpc) is 3.25. The molecule has 5 rings (SSSR count). The fraction of sp³-hybridized carbons (Fsp3) is 0.476. The maximum Gasteiger partial charge on any atom is 0.260 e. The van der Waals surface area contributed by atoms with Crippen LogP contribution in [0.4, 0.5) is 0 Å². The molecule has 29 heavy (non-hydrogen) atoms. The quantitative estimate of drug-likeness (QED) is 0.676. The molecule has 150 valence electrons. The number of aryl methyl sites for hydroxylation is 2. The Morgan fingerprint density at radius 3 is 2.83 bits per heavy atom. The molecule has 8 heteroatoms. The minimum Gasteiger partial charge on any atom is -0.337 e. The van der Waals surface area contributed by atoms with Crippen LogP contribution in [0.2, 0.25) is 0 Å². The summed E-state index contributed by atoms with van der Waals surface area (Å²) in [7, 11) is 0. The molecule has 3 aromatic rings. The van der Waals surface area contributed by atoms with Crippen LogP contribution in [0, 0.1) is 6.92 Å². The molecule has 1 amide bonds.